The summed E-state index contributed by atoms with van der Waals surface area (Å²) in [5.41, 5.74) is 1.13. The van der Waals surface area contributed by atoms with Crippen molar-refractivity contribution in [1.29, 1.82) is 5.26 Å². The Morgan fingerprint density at radius 3 is 2.38 bits per heavy atom. The topological polar surface area (TPSA) is 62.5 Å². The molecular weight excluding hydrogens is 266 g/mol. The Balaban J connectivity index is 2.27. The molecular formula is C17H17NO3. The number of aliphatic hydroxyl groups excluding tert-OH is 1. The van der Waals surface area contributed by atoms with Crippen LogP contribution in [0.15, 0.2) is 42.5 Å². The Morgan fingerprint density at radius 2 is 1.81 bits per heavy atom. The first-order chi connectivity index (χ1) is 10.1. The Morgan fingerprint density at radius 1 is 1.14 bits per heavy atom. The molecule has 1 atom stereocenters. The molecule has 0 aliphatic carbocycles. The maximum absolute atomic E-state index is 9.78. The van der Waals surface area contributed by atoms with E-state index in [1.807, 2.05) is 19.1 Å². The van der Waals surface area contributed by atoms with E-state index in [0.29, 0.717) is 29.2 Å². The average molecular weight is 283 g/mol. The third-order valence-electron chi connectivity index (χ3n) is 2.96. The van der Waals surface area contributed by atoms with Crippen molar-refractivity contribution in [3.8, 4) is 23.3 Å². The molecule has 0 amide bonds. The second-order valence-electron chi connectivity index (χ2n) is 4.55. The maximum Gasteiger partial charge on any atom is 0.134 e. The van der Waals surface area contributed by atoms with Crippen LogP contribution in [0.5, 0.6) is 17.2 Å². The van der Waals surface area contributed by atoms with Crippen LogP contribution in [-0.2, 0) is 0 Å². The zero-order chi connectivity index (χ0) is 15.2. The number of nitriles is 1. The molecule has 0 saturated heterocycles. The average Bonchev–Trinajstić information content (AvgIpc) is 2.49. The minimum atomic E-state index is -0.671. The normalized spacial score (nSPS) is 11.5. The van der Waals surface area contributed by atoms with E-state index in [1.54, 1.807) is 37.3 Å². The van der Waals surface area contributed by atoms with Gasteiger partial charge in [-0.15, -0.1) is 0 Å². The van der Waals surface area contributed by atoms with E-state index in [4.69, 9.17) is 14.7 Å². The van der Waals surface area contributed by atoms with Gasteiger partial charge in [0.05, 0.1) is 24.3 Å². The number of ether oxygens (including phenoxy) is 2. The van der Waals surface area contributed by atoms with E-state index < -0.39 is 6.10 Å². The Hall–Kier alpha value is -2.51. The van der Waals surface area contributed by atoms with Crippen LogP contribution in [0.4, 0.5) is 0 Å². The van der Waals surface area contributed by atoms with Gasteiger partial charge in [-0.05, 0) is 50.2 Å². The minimum absolute atomic E-state index is 0.480. The summed E-state index contributed by atoms with van der Waals surface area (Å²) in [5, 5.41) is 18.7. The summed E-state index contributed by atoms with van der Waals surface area (Å²) in [6.07, 6.45) is -0.671. The van der Waals surface area contributed by atoms with Crippen molar-refractivity contribution in [2.24, 2.45) is 0 Å². The Kier molecular flexibility index (Phi) is 4.81. The maximum atomic E-state index is 9.78. The smallest absolute Gasteiger partial charge is 0.134 e. The Labute approximate surface area is 124 Å². The van der Waals surface area contributed by atoms with Crippen LogP contribution >= 0.6 is 0 Å². The molecule has 0 aromatic heterocycles. The van der Waals surface area contributed by atoms with Gasteiger partial charge in [-0.2, -0.15) is 5.26 Å². The SMILES string of the molecule is CCOc1ccc(Oc2cc(C#N)ccc2[C@H](C)O)cc1. The highest BCUT2D eigenvalue weighted by Gasteiger charge is 2.11. The second-order valence-corrected chi connectivity index (χ2v) is 4.55. The van der Waals surface area contributed by atoms with Gasteiger partial charge in [0, 0.05) is 5.56 Å². The minimum Gasteiger partial charge on any atom is -0.494 e. The van der Waals surface area contributed by atoms with E-state index in [1.165, 1.54) is 0 Å². The summed E-state index contributed by atoms with van der Waals surface area (Å²) in [5.74, 6) is 1.87. The number of rotatable bonds is 5. The number of nitrogens with zero attached hydrogens (tertiary/aromatic N) is 1. The molecule has 0 aliphatic rings. The summed E-state index contributed by atoms with van der Waals surface area (Å²) in [6, 6.07) is 14.3. The number of hydrogen-bond donors (Lipinski definition) is 1. The molecule has 2 rings (SSSR count). The first kappa shape index (κ1) is 14.9. The summed E-state index contributed by atoms with van der Waals surface area (Å²) in [6.45, 7) is 4.19. The van der Waals surface area contributed by atoms with Crippen LogP contribution in [0.3, 0.4) is 0 Å². The lowest BCUT2D eigenvalue weighted by Crippen LogP contribution is -1.97. The fourth-order valence-corrected chi connectivity index (χ4v) is 1.93. The second kappa shape index (κ2) is 6.78. The summed E-state index contributed by atoms with van der Waals surface area (Å²) in [7, 11) is 0. The van der Waals surface area contributed by atoms with Crippen LogP contribution in [0, 0.1) is 11.3 Å². The number of hydrogen-bond acceptors (Lipinski definition) is 4. The van der Waals surface area contributed by atoms with E-state index in [2.05, 4.69) is 6.07 Å². The van der Waals surface area contributed by atoms with Crippen LogP contribution in [0.1, 0.15) is 31.1 Å². The quantitative estimate of drug-likeness (QED) is 0.906. The third-order valence-corrected chi connectivity index (χ3v) is 2.96. The number of aliphatic hydroxyl groups is 1. The highest BCUT2D eigenvalue weighted by molar-refractivity contribution is 5.46. The molecule has 0 saturated carbocycles. The summed E-state index contributed by atoms with van der Waals surface area (Å²) in [4.78, 5) is 0. The van der Waals surface area contributed by atoms with Crippen molar-refractivity contribution in [3.05, 3.63) is 53.6 Å². The van der Waals surface area contributed by atoms with Crippen LogP contribution in [0.25, 0.3) is 0 Å². The predicted molar refractivity (Wildman–Crippen MR) is 79.5 cm³/mol. The van der Waals surface area contributed by atoms with E-state index in [0.717, 1.165) is 5.75 Å². The molecule has 0 spiro atoms. The van der Waals surface area contributed by atoms with E-state index in [-0.39, 0.29) is 0 Å². The predicted octanol–water partition coefficient (Wildman–Crippen LogP) is 3.80. The molecule has 0 unspecified atom stereocenters. The zero-order valence-electron chi connectivity index (χ0n) is 12.0. The van der Waals surface area contributed by atoms with Gasteiger partial charge in [-0.25, -0.2) is 0 Å². The van der Waals surface area contributed by atoms with Gasteiger partial charge >= 0.3 is 0 Å². The largest absolute Gasteiger partial charge is 0.494 e. The van der Waals surface area contributed by atoms with Crippen LogP contribution in [0.2, 0.25) is 0 Å². The standard InChI is InChI=1S/C17H17NO3/c1-3-20-14-5-7-15(8-6-14)21-17-10-13(11-18)4-9-16(17)12(2)19/h4-10,12,19H,3H2,1-2H3/t12-/m0/s1. The van der Waals surface area contributed by atoms with E-state index >= 15 is 0 Å². The van der Waals surface area contributed by atoms with Crippen molar-refractivity contribution < 1.29 is 14.6 Å². The van der Waals surface area contributed by atoms with Gasteiger partial charge in [0.15, 0.2) is 0 Å². The molecule has 0 radical (unpaired) electrons. The van der Waals surface area contributed by atoms with Crippen LogP contribution < -0.4 is 9.47 Å². The monoisotopic (exact) mass is 283 g/mol. The first-order valence-corrected chi connectivity index (χ1v) is 6.77. The van der Waals surface area contributed by atoms with Crippen LogP contribution in [-0.4, -0.2) is 11.7 Å². The van der Waals surface area contributed by atoms with Crippen molar-refractivity contribution in [2.45, 2.75) is 20.0 Å². The fourth-order valence-electron chi connectivity index (χ4n) is 1.93. The van der Waals surface area contributed by atoms with Crippen molar-refractivity contribution >= 4 is 0 Å². The lowest BCUT2D eigenvalue weighted by Gasteiger charge is -2.14. The molecule has 0 heterocycles. The molecule has 0 fully saturated rings. The lowest BCUT2D eigenvalue weighted by molar-refractivity contribution is 0.195. The molecule has 21 heavy (non-hydrogen) atoms. The molecule has 2 aromatic rings. The lowest BCUT2D eigenvalue weighted by atomic mass is 10.1. The van der Waals surface area contributed by atoms with Gasteiger partial charge in [0.25, 0.3) is 0 Å². The summed E-state index contributed by atoms with van der Waals surface area (Å²) >= 11 is 0. The van der Waals surface area contributed by atoms with Crippen molar-refractivity contribution in [2.75, 3.05) is 6.61 Å². The van der Waals surface area contributed by atoms with Crippen molar-refractivity contribution in [3.63, 3.8) is 0 Å². The van der Waals surface area contributed by atoms with Gasteiger partial charge in [0.1, 0.15) is 17.2 Å². The number of benzene rings is 2. The van der Waals surface area contributed by atoms with Gasteiger partial charge < -0.3 is 14.6 Å². The third kappa shape index (κ3) is 3.74. The highest BCUT2D eigenvalue weighted by atomic mass is 16.5. The molecule has 4 heteroatoms. The first-order valence-electron chi connectivity index (χ1n) is 6.77. The molecule has 4 nitrogen and oxygen atoms in total. The molecule has 0 bridgehead atoms. The molecule has 2 aromatic carbocycles. The summed E-state index contributed by atoms with van der Waals surface area (Å²) < 4.78 is 11.2. The van der Waals surface area contributed by atoms with E-state index in [9.17, 15) is 5.11 Å². The van der Waals surface area contributed by atoms with Gasteiger partial charge in [0.2, 0.25) is 0 Å². The van der Waals surface area contributed by atoms with Gasteiger partial charge in [-0.3, -0.25) is 0 Å². The fraction of sp³-hybridized carbons (Fsp3) is 0.235. The Bertz CT molecular complexity index is 642. The highest BCUT2D eigenvalue weighted by Crippen LogP contribution is 2.31. The van der Waals surface area contributed by atoms with Crippen molar-refractivity contribution in [1.82, 2.24) is 0 Å². The molecule has 108 valence electrons. The molecule has 1 N–H and O–H groups in total. The van der Waals surface area contributed by atoms with Gasteiger partial charge in [-0.1, -0.05) is 6.07 Å². The molecule has 0 aliphatic heterocycles. The zero-order valence-corrected chi connectivity index (χ0v) is 12.0.